The fourth-order valence-electron chi connectivity index (χ4n) is 1.90. The first-order chi connectivity index (χ1) is 9.01. The number of hydrogen-bond acceptors (Lipinski definition) is 2. The quantitative estimate of drug-likeness (QED) is 0.898. The van der Waals surface area contributed by atoms with Crippen molar-refractivity contribution in [1.29, 1.82) is 5.26 Å². The second-order valence-corrected chi connectivity index (χ2v) is 4.77. The Morgan fingerprint density at radius 2 is 1.95 bits per heavy atom. The van der Waals surface area contributed by atoms with Crippen LogP contribution >= 0.6 is 11.6 Å². The van der Waals surface area contributed by atoms with E-state index in [4.69, 9.17) is 22.6 Å². The van der Waals surface area contributed by atoms with Crippen LogP contribution in [-0.2, 0) is 0 Å². The molecule has 2 nitrogen and oxygen atoms in total. The molecule has 0 spiro atoms. The van der Waals surface area contributed by atoms with E-state index in [1.807, 2.05) is 25.1 Å². The summed E-state index contributed by atoms with van der Waals surface area (Å²) in [6, 6.07) is 11.3. The summed E-state index contributed by atoms with van der Waals surface area (Å²) < 4.78 is 13.4. The van der Waals surface area contributed by atoms with E-state index in [9.17, 15) is 4.39 Å². The minimum absolute atomic E-state index is 0.163. The first-order valence-corrected chi connectivity index (χ1v) is 6.15. The molecule has 0 fully saturated rings. The highest BCUT2D eigenvalue weighted by molar-refractivity contribution is 6.31. The third kappa shape index (κ3) is 2.93. The highest BCUT2D eigenvalue weighted by atomic mass is 35.5. The van der Waals surface area contributed by atoms with Gasteiger partial charge < -0.3 is 5.73 Å². The summed E-state index contributed by atoms with van der Waals surface area (Å²) in [5.41, 5.74) is 8.28. The van der Waals surface area contributed by atoms with Crippen molar-refractivity contribution in [2.75, 3.05) is 0 Å². The summed E-state index contributed by atoms with van der Waals surface area (Å²) >= 11 is 6.15. The Morgan fingerprint density at radius 3 is 2.53 bits per heavy atom. The van der Waals surface area contributed by atoms with Crippen LogP contribution in [0.15, 0.2) is 36.4 Å². The molecule has 1 atom stereocenters. The van der Waals surface area contributed by atoms with Gasteiger partial charge in [-0.1, -0.05) is 23.7 Å². The summed E-state index contributed by atoms with van der Waals surface area (Å²) in [5, 5.41) is 9.38. The van der Waals surface area contributed by atoms with E-state index in [1.165, 1.54) is 12.1 Å². The van der Waals surface area contributed by atoms with Crippen LogP contribution in [0.3, 0.4) is 0 Å². The van der Waals surface area contributed by atoms with Gasteiger partial charge in [0.1, 0.15) is 5.82 Å². The molecule has 0 aliphatic rings. The molecule has 4 heteroatoms. The summed E-state index contributed by atoms with van der Waals surface area (Å²) in [4.78, 5) is 0. The fourth-order valence-corrected chi connectivity index (χ4v) is 2.25. The van der Waals surface area contributed by atoms with Crippen molar-refractivity contribution in [3.8, 4) is 17.2 Å². The molecule has 2 N–H and O–H groups in total. The molecule has 96 valence electrons. The zero-order valence-electron chi connectivity index (χ0n) is 10.3. The maximum absolute atomic E-state index is 13.4. The Morgan fingerprint density at radius 1 is 1.21 bits per heavy atom. The minimum atomic E-state index is -0.443. The lowest BCUT2D eigenvalue weighted by Gasteiger charge is -2.10. The predicted octanol–water partition coefficient (Wildman–Crippen LogP) is 4.04. The second kappa shape index (κ2) is 5.40. The van der Waals surface area contributed by atoms with Gasteiger partial charge in [0, 0.05) is 11.1 Å². The van der Waals surface area contributed by atoms with Crippen LogP contribution in [0, 0.1) is 17.1 Å². The largest absolute Gasteiger partial charge is 0.324 e. The molecule has 2 aromatic carbocycles. The van der Waals surface area contributed by atoms with Gasteiger partial charge in [0.2, 0.25) is 0 Å². The van der Waals surface area contributed by atoms with Crippen LogP contribution in [0.25, 0.3) is 11.1 Å². The van der Waals surface area contributed by atoms with Crippen molar-refractivity contribution in [3.63, 3.8) is 0 Å². The van der Waals surface area contributed by atoms with Gasteiger partial charge in [-0.25, -0.2) is 4.39 Å². The van der Waals surface area contributed by atoms with Gasteiger partial charge in [0.25, 0.3) is 0 Å². The highest BCUT2D eigenvalue weighted by Gasteiger charge is 2.08. The SMILES string of the molecule is CC(N)c1ccc(-c2cc(F)cc(C#N)c2)cc1Cl. The van der Waals surface area contributed by atoms with E-state index in [1.54, 1.807) is 12.1 Å². The molecule has 1 unspecified atom stereocenters. The van der Waals surface area contributed by atoms with E-state index in [0.29, 0.717) is 10.6 Å². The number of hydrogen-bond donors (Lipinski definition) is 1. The number of nitrogens with two attached hydrogens (primary N) is 1. The topological polar surface area (TPSA) is 49.8 Å². The lowest BCUT2D eigenvalue weighted by molar-refractivity contribution is 0.628. The molecule has 2 rings (SSSR count). The summed E-state index contributed by atoms with van der Waals surface area (Å²) in [7, 11) is 0. The van der Waals surface area contributed by atoms with Gasteiger partial charge in [-0.05, 0) is 47.9 Å². The maximum atomic E-state index is 13.4. The van der Waals surface area contributed by atoms with Crippen LogP contribution in [0.5, 0.6) is 0 Å². The van der Waals surface area contributed by atoms with Gasteiger partial charge in [-0.2, -0.15) is 5.26 Å². The lowest BCUT2D eigenvalue weighted by atomic mass is 10.00. The smallest absolute Gasteiger partial charge is 0.125 e. The van der Waals surface area contributed by atoms with Gasteiger partial charge >= 0.3 is 0 Å². The zero-order chi connectivity index (χ0) is 14.0. The van der Waals surface area contributed by atoms with Gasteiger partial charge in [0.05, 0.1) is 11.6 Å². The summed E-state index contributed by atoms with van der Waals surface area (Å²) in [6.45, 7) is 1.84. The van der Waals surface area contributed by atoms with Crippen molar-refractivity contribution < 1.29 is 4.39 Å². The van der Waals surface area contributed by atoms with E-state index in [2.05, 4.69) is 0 Å². The normalized spacial score (nSPS) is 11.9. The van der Waals surface area contributed by atoms with E-state index in [-0.39, 0.29) is 11.6 Å². The first kappa shape index (κ1) is 13.5. The Hall–Kier alpha value is -1.89. The Bertz CT molecular complexity index is 660. The number of halogens is 2. The maximum Gasteiger partial charge on any atom is 0.125 e. The number of benzene rings is 2. The second-order valence-electron chi connectivity index (χ2n) is 4.37. The fraction of sp³-hybridized carbons (Fsp3) is 0.133. The van der Waals surface area contributed by atoms with Gasteiger partial charge in [0.15, 0.2) is 0 Å². The van der Waals surface area contributed by atoms with Crippen LogP contribution in [-0.4, -0.2) is 0 Å². The molecule has 0 heterocycles. The third-order valence-electron chi connectivity index (χ3n) is 2.85. The van der Waals surface area contributed by atoms with Crippen molar-refractivity contribution in [1.82, 2.24) is 0 Å². The van der Waals surface area contributed by atoms with E-state index < -0.39 is 5.82 Å². The van der Waals surface area contributed by atoms with Crippen molar-refractivity contribution in [3.05, 3.63) is 58.4 Å². The molecule has 0 bridgehead atoms. The molecular formula is C15H12ClFN2. The number of nitrogens with zero attached hydrogens (tertiary/aromatic N) is 1. The van der Waals surface area contributed by atoms with E-state index in [0.717, 1.165) is 11.1 Å². The zero-order valence-corrected chi connectivity index (χ0v) is 11.1. The monoisotopic (exact) mass is 274 g/mol. The molecule has 0 saturated carbocycles. The molecule has 2 aromatic rings. The third-order valence-corrected chi connectivity index (χ3v) is 3.18. The lowest BCUT2D eigenvalue weighted by Crippen LogP contribution is -2.05. The van der Waals surface area contributed by atoms with Crippen LogP contribution in [0.2, 0.25) is 5.02 Å². The molecule has 0 amide bonds. The average Bonchev–Trinajstić information content (AvgIpc) is 2.37. The molecule has 19 heavy (non-hydrogen) atoms. The van der Waals surface area contributed by atoms with Crippen molar-refractivity contribution in [2.45, 2.75) is 13.0 Å². The highest BCUT2D eigenvalue weighted by Crippen LogP contribution is 2.29. The number of nitriles is 1. The molecule has 0 aliphatic heterocycles. The Labute approximate surface area is 116 Å². The predicted molar refractivity (Wildman–Crippen MR) is 74.2 cm³/mol. The van der Waals surface area contributed by atoms with Gasteiger partial charge in [-0.3, -0.25) is 0 Å². The van der Waals surface area contributed by atoms with Crippen LogP contribution in [0.1, 0.15) is 24.1 Å². The number of rotatable bonds is 2. The Balaban J connectivity index is 2.51. The molecule has 0 aliphatic carbocycles. The van der Waals surface area contributed by atoms with Crippen molar-refractivity contribution >= 4 is 11.6 Å². The van der Waals surface area contributed by atoms with Crippen molar-refractivity contribution in [2.24, 2.45) is 5.73 Å². The van der Waals surface area contributed by atoms with Crippen LogP contribution in [0.4, 0.5) is 4.39 Å². The summed E-state index contributed by atoms with van der Waals surface area (Å²) in [5.74, 6) is -0.443. The molecule has 0 saturated heterocycles. The Kier molecular flexibility index (Phi) is 3.84. The average molecular weight is 275 g/mol. The van der Waals surface area contributed by atoms with E-state index >= 15 is 0 Å². The first-order valence-electron chi connectivity index (χ1n) is 5.77. The summed E-state index contributed by atoms with van der Waals surface area (Å²) in [6.07, 6.45) is 0. The molecule has 0 radical (unpaired) electrons. The molecular weight excluding hydrogens is 263 g/mol. The minimum Gasteiger partial charge on any atom is -0.324 e. The standard InChI is InChI=1S/C15H12ClFN2/c1-9(19)14-3-2-11(7-15(14)16)12-4-10(8-18)5-13(17)6-12/h2-7,9H,19H2,1H3. The van der Waals surface area contributed by atoms with Crippen LogP contribution < -0.4 is 5.73 Å². The molecule has 0 aromatic heterocycles. The van der Waals surface area contributed by atoms with Gasteiger partial charge in [-0.15, -0.1) is 0 Å².